The number of methoxy groups -OCH3 is 1. The van der Waals surface area contributed by atoms with Crippen molar-refractivity contribution in [3.8, 4) is 11.8 Å². The number of hydrogen-bond acceptors (Lipinski definition) is 4. The summed E-state index contributed by atoms with van der Waals surface area (Å²) in [5, 5.41) is 8.87. The molecule has 0 amide bonds. The summed E-state index contributed by atoms with van der Waals surface area (Å²) in [5.74, 6) is 0.0396. The Kier molecular flexibility index (Phi) is 3.69. The third kappa shape index (κ3) is 2.71. The molecule has 1 rings (SSSR count). The number of esters is 1. The van der Waals surface area contributed by atoms with Gasteiger partial charge in [-0.05, 0) is 6.07 Å². The molecule has 15 heavy (non-hydrogen) atoms. The van der Waals surface area contributed by atoms with Crippen LogP contribution in [0.5, 0.6) is 5.75 Å². The highest BCUT2D eigenvalue weighted by Gasteiger charge is 2.17. The molecule has 0 saturated heterocycles. The SMILES string of the molecule is COc1ccccc1C(C#N)OC(C)=O. The first kappa shape index (κ1) is 11.1. The molecule has 0 spiro atoms. The summed E-state index contributed by atoms with van der Waals surface area (Å²) >= 11 is 0. The third-order valence-electron chi connectivity index (χ3n) is 1.82. The minimum Gasteiger partial charge on any atom is -0.496 e. The summed E-state index contributed by atoms with van der Waals surface area (Å²) in [6, 6.07) is 8.84. The van der Waals surface area contributed by atoms with Crippen molar-refractivity contribution < 1.29 is 14.3 Å². The van der Waals surface area contributed by atoms with E-state index in [1.807, 2.05) is 6.07 Å². The molecule has 1 atom stereocenters. The maximum Gasteiger partial charge on any atom is 0.304 e. The number of carbonyl (C=O) groups excluding carboxylic acids is 1. The molecule has 78 valence electrons. The van der Waals surface area contributed by atoms with Crippen LogP contribution in [0.25, 0.3) is 0 Å². The normalized spacial score (nSPS) is 11.3. The second-order valence-electron chi connectivity index (χ2n) is 2.86. The summed E-state index contributed by atoms with van der Waals surface area (Å²) in [5.41, 5.74) is 0.553. The Hall–Kier alpha value is -2.02. The molecule has 4 heteroatoms. The predicted octanol–water partition coefficient (Wildman–Crippen LogP) is 1.82. The number of carbonyl (C=O) groups is 1. The number of nitrogens with zero attached hydrogens (tertiary/aromatic N) is 1. The molecule has 1 aromatic carbocycles. The van der Waals surface area contributed by atoms with Crippen LogP contribution < -0.4 is 4.74 Å². The molecule has 0 bridgehead atoms. The smallest absolute Gasteiger partial charge is 0.304 e. The fourth-order valence-corrected chi connectivity index (χ4v) is 1.21. The average molecular weight is 205 g/mol. The number of para-hydroxylation sites is 1. The fourth-order valence-electron chi connectivity index (χ4n) is 1.21. The lowest BCUT2D eigenvalue weighted by atomic mass is 10.1. The largest absolute Gasteiger partial charge is 0.496 e. The highest BCUT2D eigenvalue weighted by atomic mass is 16.5. The van der Waals surface area contributed by atoms with Crippen LogP contribution >= 0.6 is 0 Å². The van der Waals surface area contributed by atoms with E-state index in [1.54, 1.807) is 24.3 Å². The van der Waals surface area contributed by atoms with Gasteiger partial charge in [0.2, 0.25) is 6.10 Å². The molecular formula is C11H11NO3. The molecule has 4 nitrogen and oxygen atoms in total. The molecule has 0 saturated carbocycles. The van der Waals surface area contributed by atoms with Crippen molar-refractivity contribution >= 4 is 5.97 Å². The molecule has 0 aliphatic rings. The molecule has 0 fully saturated rings. The quantitative estimate of drug-likeness (QED) is 0.706. The van der Waals surface area contributed by atoms with Gasteiger partial charge in [0.1, 0.15) is 11.8 Å². The van der Waals surface area contributed by atoms with Gasteiger partial charge in [0.25, 0.3) is 0 Å². The average Bonchev–Trinajstić information content (AvgIpc) is 2.25. The molecule has 1 aromatic rings. The van der Waals surface area contributed by atoms with E-state index < -0.39 is 12.1 Å². The molecule has 1 unspecified atom stereocenters. The summed E-state index contributed by atoms with van der Waals surface area (Å²) in [6.07, 6.45) is -0.918. The minimum absolute atomic E-state index is 0.493. The zero-order chi connectivity index (χ0) is 11.3. The second kappa shape index (κ2) is 5.01. The standard InChI is InChI=1S/C11H11NO3/c1-8(13)15-11(7-12)9-5-3-4-6-10(9)14-2/h3-6,11H,1-2H3. The van der Waals surface area contributed by atoms with Gasteiger partial charge in [-0.15, -0.1) is 0 Å². The van der Waals surface area contributed by atoms with Crippen LogP contribution in [0.4, 0.5) is 0 Å². The molecule has 0 aliphatic heterocycles. The first-order valence-corrected chi connectivity index (χ1v) is 4.38. The first-order valence-electron chi connectivity index (χ1n) is 4.38. The van der Waals surface area contributed by atoms with Gasteiger partial charge in [0.05, 0.1) is 7.11 Å². The zero-order valence-corrected chi connectivity index (χ0v) is 8.56. The van der Waals surface area contributed by atoms with Crippen LogP contribution in [-0.4, -0.2) is 13.1 Å². The predicted molar refractivity (Wildman–Crippen MR) is 53.1 cm³/mol. The van der Waals surface area contributed by atoms with Crippen LogP contribution in [0.15, 0.2) is 24.3 Å². The highest BCUT2D eigenvalue weighted by molar-refractivity contribution is 5.66. The van der Waals surface area contributed by atoms with Gasteiger partial charge >= 0.3 is 5.97 Å². The summed E-state index contributed by atoms with van der Waals surface area (Å²) in [6.45, 7) is 1.26. The third-order valence-corrected chi connectivity index (χ3v) is 1.82. The molecule has 0 heterocycles. The van der Waals surface area contributed by atoms with Crippen molar-refractivity contribution in [2.24, 2.45) is 0 Å². The number of nitriles is 1. The van der Waals surface area contributed by atoms with Crippen LogP contribution in [0.2, 0.25) is 0 Å². The van der Waals surface area contributed by atoms with E-state index in [4.69, 9.17) is 14.7 Å². The van der Waals surface area contributed by atoms with Crippen LogP contribution in [0, 0.1) is 11.3 Å². The van der Waals surface area contributed by atoms with E-state index in [1.165, 1.54) is 14.0 Å². The van der Waals surface area contributed by atoms with Crippen LogP contribution in [0.1, 0.15) is 18.6 Å². The number of rotatable bonds is 3. The Morgan fingerprint density at radius 3 is 2.67 bits per heavy atom. The number of ether oxygens (including phenoxy) is 2. The monoisotopic (exact) mass is 205 g/mol. The van der Waals surface area contributed by atoms with Crippen molar-refractivity contribution in [3.05, 3.63) is 29.8 Å². The Morgan fingerprint density at radius 2 is 2.13 bits per heavy atom. The Bertz CT molecular complexity index is 395. The van der Waals surface area contributed by atoms with Gasteiger partial charge < -0.3 is 9.47 Å². The molecule has 0 aliphatic carbocycles. The fraction of sp³-hybridized carbons (Fsp3) is 0.273. The van der Waals surface area contributed by atoms with E-state index >= 15 is 0 Å². The number of benzene rings is 1. The summed E-state index contributed by atoms with van der Waals surface area (Å²) in [4.78, 5) is 10.8. The lowest BCUT2D eigenvalue weighted by Crippen LogP contribution is -2.07. The van der Waals surface area contributed by atoms with E-state index in [2.05, 4.69) is 0 Å². The summed E-state index contributed by atoms with van der Waals surface area (Å²) < 4.78 is 9.92. The highest BCUT2D eigenvalue weighted by Crippen LogP contribution is 2.26. The maximum absolute atomic E-state index is 10.8. The Morgan fingerprint density at radius 1 is 1.47 bits per heavy atom. The van der Waals surface area contributed by atoms with Crippen molar-refractivity contribution in [2.75, 3.05) is 7.11 Å². The van der Waals surface area contributed by atoms with Crippen LogP contribution in [-0.2, 0) is 9.53 Å². The van der Waals surface area contributed by atoms with E-state index in [0.717, 1.165) is 0 Å². The molecule has 0 aromatic heterocycles. The summed E-state index contributed by atoms with van der Waals surface area (Å²) in [7, 11) is 1.50. The van der Waals surface area contributed by atoms with Gasteiger partial charge in [-0.1, -0.05) is 18.2 Å². The zero-order valence-electron chi connectivity index (χ0n) is 8.56. The first-order chi connectivity index (χ1) is 7.19. The topological polar surface area (TPSA) is 59.3 Å². The van der Waals surface area contributed by atoms with Crippen molar-refractivity contribution in [2.45, 2.75) is 13.0 Å². The number of hydrogen-bond donors (Lipinski definition) is 0. The Labute approximate surface area is 88.0 Å². The van der Waals surface area contributed by atoms with Crippen molar-refractivity contribution in [3.63, 3.8) is 0 Å². The molecule has 0 N–H and O–H groups in total. The van der Waals surface area contributed by atoms with E-state index in [0.29, 0.717) is 11.3 Å². The molecular weight excluding hydrogens is 194 g/mol. The lowest BCUT2D eigenvalue weighted by Gasteiger charge is -2.12. The Balaban J connectivity index is 3.02. The van der Waals surface area contributed by atoms with Gasteiger partial charge in [-0.2, -0.15) is 5.26 Å². The van der Waals surface area contributed by atoms with E-state index in [9.17, 15) is 4.79 Å². The van der Waals surface area contributed by atoms with Gasteiger partial charge in [-0.3, -0.25) is 4.79 Å². The van der Waals surface area contributed by atoms with E-state index in [-0.39, 0.29) is 0 Å². The lowest BCUT2D eigenvalue weighted by molar-refractivity contribution is -0.144. The molecule has 0 radical (unpaired) electrons. The minimum atomic E-state index is -0.918. The maximum atomic E-state index is 10.8. The van der Waals surface area contributed by atoms with Crippen molar-refractivity contribution in [1.82, 2.24) is 0 Å². The second-order valence-corrected chi connectivity index (χ2v) is 2.86. The van der Waals surface area contributed by atoms with Crippen LogP contribution in [0.3, 0.4) is 0 Å². The van der Waals surface area contributed by atoms with Gasteiger partial charge in [0.15, 0.2) is 0 Å². The van der Waals surface area contributed by atoms with Gasteiger partial charge in [-0.25, -0.2) is 0 Å². The van der Waals surface area contributed by atoms with Crippen molar-refractivity contribution in [1.29, 1.82) is 5.26 Å². The van der Waals surface area contributed by atoms with Gasteiger partial charge in [0, 0.05) is 12.5 Å².